The Kier molecular flexibility index (Phi) is 29.8. The lowest BCUT2D eigenvalue weighted by atomic mass is 10.3. The van der Waals surface area contributed by atoms with E-state index in [-0.39, 0.29) is 5.17 Å². The van der Waals surface area contributed by atoms with Crippen molar-refractivity contribution in [2.24, 2.45) is 5.73 Å². The summed E-state index contributed by atoms with van der Waals surface area (Å²) >= 11 is 8.60. The number of nitrogens with zero attached hydrogens (tertiary/aromatic N) is 1. The standard InChI is InChI=1S/C9H19NOS.C8H19N.CH3NOS/c1-3-5-7-10(9(11)12)8-6-4-2;1-3-5-7-9-8-6-4-2;2-1(3)4/h3-8H2,1-2H3,(H,11,12);9H,3-8H2,1-2H3;(H3,2,3,4). The zero-order chi connectivity index (χ0) is 19.9. The predicted molar refractivity (Wildman–Crippen MR) is 119 cm³/mol. The Hall–Kier alpha value is -0.660. The van der Waals surface area contributed by atoms with Crippen LogP contribution in [-0.4, -0.2) is 51.6 Å². The first-order valence-electron chi connectivity index (χ1n) is 9.54. The predicted octanol–water partition coefficient (Wildman–Crippen LogP) is 4.70. The van der Waals surface area contributed by atoms with E-state index in [0.717, 1.165) is 38.8 Å². The van der Waals surface area contributed by atoms with E-state index in [0.29, 0.717) is 0 Å². The Labute approximate surface area is 166 Å². The topological polar surface area (TPSA) is 81.8 Å². The summed E-state index contributed by atoms with van der Waals surface area (Å²) in [6, 6.07) is 0. The first-order valence-corrected chi connectivity index (χ1v) is 10.4. The van der Waals surface area contributed by atoms with Crippen LogP contribution in [0.15, 0.2) is 0 Å². The molecule has 0 aliphatic rings. The van der Waals surface area contributed by atoms with Crippen molar-refractivity contribution in [3.8, 4) is 0 Å². The Morgan fingerprint density at radius 2 is 1.12 bits per heavy atom. The lowest BCUT2D eigenvalue weighted by Crippen LogP contribution is -2.31. The van der Waals surface area contributed by atoms with Gasteiger partial charge in [0, 0.05) is 13.1 Å². The molecular formula is C18H41N3O2S2. The van der Waals surface area contributed by atoms with E-state index in [9.17, 15) is 0 Å². The molecule has 0 aliphatic heterocycles. The van der Waals surface area contributed by atoms with Gasteiger partial charge in [0.05, 0.1) is 0 Å². The summed E-state index contributed by atoms with van der Waals surface area (Å²) in [6.07, 6.45) is 9.75. The third kappa shape index (κ3) is 35.4. The van der Waals surface area contributed by atoms with Crippen molar-refractivity contribution >= 4 is 34.8 Å². The lowest BCUT2D eigenvalue weighted by molar-refractivity contribution is 0.333. The smallest absolute Gasteiger partial charge is 0.256 e. The normalized spacial score (nSPS) is 9.28. The van der Waals surface area contributed by atoms with Gasteiger partial charge in [0.1, 0.15) is 0 Å². The average molecular weight is 396 g/mol. The SMILES string of the molecule is CCCCN(CCCC)C(O)=S.CCCCNCCCC.NC(O)=S. The van der Waals surface area contributed by atoms with Crippen LogP contribution in [0.2, 0.25) is 0 Å². The molecular weight excluding hydrogens is 354 g/mol. The fraction of sp³-hybridized carbons (Fsp3) is 0.889. The number of hydrogen-bond donors (Lipinski definition) is 4. The molecule has 0 heterocycles. The van der Waals surface area contributed by atoms with Gasteiger partial charge < -0.3 is 26.2 Å². The Bertz CT molecular complexity index is 275. The van der Waals surface area contributed by atoms with Gasteiger partial charge >= 0.3 is 0 Å². The van der Waals surface area contributed by atoms with E-state index in [4.69, 9.17) is 22.4 Å². The highest BCUT2D eigenvalue weighted by Gasteiger charge is 2.05. The van der Waals surface area contributed by atoms with Gasteiger partial charge in [-0.2, -0.15) is 0 Å². The monoisotopic (exact) mass is 395 g/mol. The Morgan fingerprint density at radius 3 is 1.36 bits per heavy atom. The van der Waals surface area contributed by atoms with Crippen LogP contribution in [0.3, 0.4) is 0 Å². The molecule has 0 saturated heterocycles. The molecule has 0 spiro atoms. The van der Waals surface area contributed by atoms with Crippen LogP contribution in [0.4, 0.5) is 0 Å². The molecule has 0 aliphatic carbocycles. The molecule has 25 heavy (non-hydrogen) atoms. The second kappa shape index (κ2) is 25.6. The minimum absolute atomic E-state index is 0.0527. The van der Waals surface area contributed by atoms with Gasteiger partial charge in [0.15, 0.2) is 0 Å². The van der Waals surface area contributed by atoms with E-state index in [1.165, 1.54) is 38.8 Å². The van der Waals surface area contributed by atoms with Crippen molar-refractivity contribution in [2.75, 3.05) is 26.2 Å². The van der Waals surface area contributed by atoms with Gasteiger partial charge in [-0.1, -0.05) is 53.4 Å². The van der Waals surface area contributed by atoms with Crippen molar-refractivity contribution in [1.29, 1.82) is 0 Å². The summed E-state index contributed by atoms with van der Waals surface area (Å²) in [5.74, 6) is 0. The molecule has 0 fully saturated rings. The van der Waals surface area contributed by atoms with Crippen molar-refractivity contribution in [3.63, 3.8) is 0 Å². The summed E-state index contributed by atoms with van der Waals surface area (Å²) in [6.45, 7) is 12.9. The summed E-state index contributed by atoms with van der Waals surface area (Å²) < 4.78 is 0. The van der Waals surface area contributed by atoms with Crippen molar-refractivity contribution < 1.29 is 10.2 Å². The number of unbranched alkanes of at least 4 members (excludes halogenated alkanes) is 4. The zero-order valence-electron chi connectivity index (χ0n) is 16.7. The zero-order valence-corrected chi connectivity index (χ0v) is 18.4. The van der Waals surface area contributed by atoms with Crippen LogP contribution in [0.25, 0.3) is 0 Å². The van der Waals surface area contributed by atoms with Gasteiger partial charge in [-0.25, -0.2) is 0 Å². The fourth-order valence-electron chi connectivity index (χ4n) is 1.73. The van der Waals surface area contributed by atoms with E-state index in [1.54, 1.807) is 0 Å². The molecule has 7 heteroatoms. The van der Waals surface area contributed by atoms with E-state index >= 15 is 0 Å². The molecule has 152 valence electrons. The summed E-state index contributed by atoms with van der Waals surface area (Å²) in [5, 5.41) is 19.6. The number of nitrogens with two attached hydrogens (primary N) is 1. The number of rotatable bonds is 12. The molecule has 0 unspecified atom stereocenters. The molecule has 0 aromatic rings. The highest BCUT2D eigenvalue weighted by Crippen LogP contribution is 1.99. The van der Waals surface area contributed by atoms with Crippen LogP contribution in [0.1, 0.15) is 79.1 Å². The maximum atomic E-state index is 9.12. The summed E-state index contributed by atoms with van der Waals surface area (Å²) in [4.78, 5) is 1.88. The number of hydrogen-bond acceptors (Lipinski definition) is 3. The van der Waals surface area contributed by atoms with Crippen LogP contribution >= 0.6 is 24.4 Å². The van der Waals surface area contributed by atoms with E-state index in [2.05, 4.69) is 51.0 Å². The van der Waals surface area contributed by atoms with Crippen molar-refractivity contribution in [3.05, 3.63) is 0 Å². The maximum absolute atomic E-state index is 9.12. The average Bonchev–Trinajstić information content (AvgIpc) is 2.55. The third-order valence-electron chi connectivity index (χ3n) is 3.25. The van der Waals surface area contributed by atoms with E-state index < -0.39 is 5.17 Å². The maximum Gasteiger partial charge on any atom is 0.256 e. The van der Waals surface area contributed by atoms with Crippen LogP contribution in [0, 0.1) is 0 Å². The van der Waals surface area contributed by atoms with Gasteiger partial charge in [-0.15, -0.1) is 0 Å². The van der Waals surface area contributed by atoms with Crippen LogP contribution in [0.5, 0.6) is 0 Å². The first kappa shape index (κ1) is 29.1. The number of thiocarbonyl (C=S) groups is 2. The largest absolute Gasteiger partial charge is 0.487 e. The highest BCUT2D eigenvalue weighted by atomic mass is 32.1. The molecule has 5 N–H and O–H groups in total. The molecule has 0 radical (unpaired) electrons. The quantitative estimate of drug-likeness (QED) is 0.282. The fourth-order valence-corrected chi connectivity index (χ4v) is 1.91. The number of nitrogens with one attached hydrogen (secondary N) is 1. The molecule has 0 rings (SSSR count). The van der Waals surface area contributed by atoms with Gasteiger partial charge in [0.25, 0.3) is 10.3 Å². The number of aliphatic hydroxyl groups is 2. The van der Waals surface area contributed by atoms with Crippen molar-refractivity contribution in [1.82, 2.24) is 10.2 Å². The summed E-state index contributed by atoms with van der Waals surface area (Å²) in [5.41, 5.74) is 4.40. The molecule has 0 aromatic carbocycles. The Balaban J connectivity index is -0.000000328. The van der Waals surface area contributed by atoms with Crippen LogP contribution < -0.4 is 11.1 Å². The van der Waals surface area contributed by atoms with Crippen molar-refractivity contribution in [2.45, 2.75) is 79.1 Å². The minimum atomic E-state index is -0.500. The second-order valence-electron chi connectivity index (χ2n) is 5.77. The molecule has 5 nitrogen and oxygen atoms in total. The van der Waals surface area contributed by atoms with Gasteiger partial charge in [0.2, 0.25) is 0 Å². The second-order valence-corrected chi connectivity index (χ2v) is 6.56. The van der Waals surface area contributed by atoms with Gasteiger partial charge in [-0.05, 0) is 63.2 Å². The minimum Gasteiger partial charge on any atom is -0.487 e. The number of aliphatic hydroxyl groups excluding tert-OH is 2. The molecule has 0 bridgehead atoms. The third-order valence-corrected chi connectivity index (χ3v) is 3.51. The lowest BCUT2D eigenvalue weighted by Gasteiger charge is -2.20. The van der Waals surface area contributed by atoms with Gasteiger partial charge in [-0.3, -0.25) is 0 Å². The summed E-state index contributed by atoms with van der Waals surface area (Å²) in [7, 11) is 0. The molecule has 0 amide bonds. The van der Waals surface area contributed by atoms with E-state index in [1.807, 2.05) is 4.90 Å². The highest BCUT2D eigenvalue weighted by molar-refractivity contribution is 7.80. The molecule has 0 aromatic heterocycles. The Morgan fingerprint density at radius 1 is 0.800 bits per heavy atom. The molecule has 0 atom stereocenters. The molecule has 0 saturated carbocycles. The van der Waals surface area contributed by atoms with Crippen LogP contribution in [-0.2, 0) is 0 Å². The first-order chi connectivity index (χ1) is 11.9.